The van der Waals surface area contributed by atoms with Crippen LogP contribution < -0.4 is 5.32 Å². The zero-order chi connectivity index (χ0) is 9.35. The largest absolute Gasteiger partial charge is 0.359 e. The summed E-state index contributed by atoms with van der Waals surface area (Å²) in [5.74, 6) is 0.669. The smallest absolute Gasteiger partial charge is 0.225 e. The third-order valence-electron chi connectivity index (χ3n) is 2.90. The summed E-state index contributed by atoms with van der Waals surface area (Å²) in [6.45, 7) is 6.12. The molecule has 0 bridgehead atoms. The van der Waals surface area contributed by atoms with Crippen LogP contribution in [0.2, 0.25) is 0 Å². The Kier molecular flexibility index (Phi) is 2.42. The monoisotopic (exact) mass is 170 g/mol. The summed E-state index contributed by atoms with van der Waals surface area (Å²) < 4.78 is 0. The Hall–Kier alpha value is -0.570. The number of amides is 1. The molecule has 1 amide bonds. The number of rotatable bonds is 2. The molecule has 1 aliphatic rings. The first-order valence-corrected chi connectivity index (χ1v) is 4.39. The van der Waals surface area contributed by atoms with Crippen molar-refractivity contribution in [1.29, 1.82) is 0 Å². The predicted molar refractivity (Wildman–Crippen MR) is 48.8 cm³/mol. The second-order valence-electron chi connectivity index (χ2n) is 4.22. The topological polar surface area (TPSA) is 32.3 Å². The van der Waals surface area contributed by atoms with Crippen molar-refractivity contribution in [3.8, 4) is 0 Å². The second kappa shape index (κ2) is 3.05. The minimum atomic E-state index is -0.207. The van der Waals surface area contributed by atoms with Crippen molar-refractivity contribution < 1.29 is 4.79 Å². The van der Waals surface area contributed by atoms with Crippen LogP contribution in [0, 0.1) is 11.3 Å². The van der Waals surface area contributed by atoms with E-state index in [1.165, 1.54) is 0 Å². The van der Waals surface area contributed by atoms with Crippen molar-refractivity contribution in [2.24, 2.45) is 11.3 Å². The first kappa shape index (κ1) is 9.52. The number of nitrogens with zero attached hydrogens (tertiary/aromatic N) is 1. The summed E-state index contributed by atoms with van der Waals surface area (Å²) in [5.41, 5.74) is -0.207. The average molecular weight is 170 g/mol. The van der Waals surface area contributed by atoms with Gasteiger partial charge in [-0.2, -0.15) is 0 Å². The van der Waals surface area contributed by atoms with Gasteiger partial charge in [-0.05, 0) is 13.0 Å². The molecule has 0 aromatic carbocycles. The van der Waals surface area contributed by atoms with Crippen LogP contribution in [0.5, 0.6) is 0 Å². The lowest BCUT2D eigenvalue weighted by molar-refractivity contribution is -0.135. The van der Waals surface area contributed by atoms with Crippen molar-refractivity contribution in [2.75, 3.05) is 27.2 Å². The average Bonchev–Trinajstić information content (AvgIpc) is 1.96. The van der Waals surface area contributed by atoms with Gasteiger partial charge in [-0.25, -0.2) is 0 Å². The van der Waals surface area contributed by atoms with Crippen molar-refractivity contribution in [2.45, 2.75) is 13.8 Å². The van der Waals surface area contributed by atoms with Gasteiger partial charge in [-0.15, -0.1) is 0 Å². The van der Waals surface area contributed by atoms with Gasteiger partial charge in [0.1, 0.15) is 0 Å². The molecule has 0 radical (unpaired) electrons. The molecule has 1 aliphatic heterocycles. The molecule has 0 spiro atoms. The standard InChI is InChI=1S/C9H18N2O/c1-9(2,8(12)10-3)7-5-11(4)6-7/h7H,5-6H2,1-4H3,(H,10,12). The van der Waals surface area contributed by atoms with Gasteiger partial charge in [0.2, 0.25) is 5.91 Å². The minimum absolute atomic E-state index is 0.153. The molecule has 0 unspecified atom stereocenters. The van der Waals surface area contributed by atoms with E-state index in [-0.39, 0.29) is 11.3 Å². The molecule has 0 aromatic rings. The van der Waals surface area contributed by atoms with Gasteiger partial charge in [0.25, 0.3) is 0 Å². The van der Waals surface area contributed by atoms with Crippen LogP contribution in [0.3, 0.4) is 0 Å². The molecule has 0 atom stereocenters. The van der Waals surface area contributed by atoms with Gasteiger partial charge in [-0.3, -0.25) is 4.79 Å². The molecular weight excluding hydrogens is 152 g/mol. The van der Waals surface area contributed by atoms with E-state index < -0.39 is 0 Å². The Morgan fingerprint density at radius 1 is 1.50 bits per heavy atom. The maximum atomic E-state index is 11.4. The molecule has 12 heavy (non-hydrogen) atoms. The molecule has 0 aromatic heterocycles. The highest BCUT2D eigenvalue weighted by Gasteiger charge is 2.41. The van der Waals surface area contributed by atoms with E-state index in [9.17, 15) is 4.79 Å². The summed E-state index contributed by atoms with van der Waals surface area (Å²) in [5, 5.41) is 2.71. The number of hydrogen-bond donors (Lipinski definition) is 1. The maximum absolute atomic E-state index is 11.4. The summed E-state index contributed by atoms with van der Waals surface area (Å²) in [4.78, 5) is 13.7. The Morgan fingerprint density at radius 2 is 2.00 bits per heavy atom. The number of nitrogens with one attached hydrogen (secondary N) is 1. The molecule has 1 N–H and O–H groups in total. The van der Waals surface area contributed by atoms with E-state index in [1.54, 1.807) is 7.05 Å². The van der Waals surface area contributed by atoms with E-state index >= 15 is 0 Å². The number of hydrogen-bond acceptors (Lipinski definition) is 2. The lowest BCUT2D eigenvalue weighted by Gasteiger charge is -2.44. The van der Waals surface area contributed by atoms with Crippen LogP contribution in [0.1, 0.15) is 13.8 Å². The molecule has 0 aliphatic carbocycles. The van der Waals surface area contributed by atoms with E-state index in [2.05, 4.69) is 17.3 Å². The Bertz CT molecular complexity index is 183. The molecule has 1 fully saturated rings. The zero-order valence-electron chi connectivity index (χ0n) is 8.35. The molecule has 3 heteroatoms. The third-order valence-corrected chi connectivity index (χ3v) is 2.90. The zero-order valence-corrected chi connectivity index (χ0v) is 8.35. The summed E-state index contributed by atoms with van der Waals surface area (Å²) in [6.07, 6.45) is 0. The summed E-state index contributed by atoms with van der Waals surface area (Å²) in [7, 11) is 3.78. The van der Waals surface area contributed by atoms with Crippen molar-refractivity contribution in [3.05, 3.63) is 0 Å². The quantitative estimate of drug-likeness (QED) is 0.647. The SMILES string of the molecule is CNC(=O)C(C)(C)C1CN(C)C1. The van der Waals surface area contributed by atoms with E-state index in [1.807, 2.05) is 13.8 Å². The number of likely N-dealkylation sites (tertiary alicyclic amines) is 1. The van der Waals surface area contributed by atoms with Gasteiger partial charge in [0.15, 0.2) is 0 Å². The summed E-state index contributed by atoms with van der Waals surface area (Å²) >= 11 is 0. The Morgan fingerprint density at radius 3 is 2.33 bits per heavy atom. The van der Waals surface area contributed by atoms with E-state index in [0.717, 1.165) is 13.1 Å². The van der Waals surface area contributed by atoms with Crippen molar-refractivity contribution in [1.82, 2.24) is 10.2 Å². The number of carbonyl (C=O) groups is 1. The van der Waals surface area contributed by atoms with Gasteiger partial charge in [-0.1, -0.05) is 13.8 Å². The van der Waals surface area contributed by atoms with Crippen LogP contribution in [-0.4, -0.2) is 38.0 Å². The van der Waals surface area contributed by atoms with Crippen molar-refractivity contribution >= 4 is 5.91 Å². The maximum Gasteiger partial charge on any atom is 0.225 e. The molecule has 1 saturated heterocycles. The molecule has 3 nitrogen and oxygen atoms in total. The van der Waals surface area contributed by atoms with Crippen LogP contribution in [0.15, 0.2) is 0 Å². The van der Waals surface area contributed by atoms with E-state index in [4.69, 9.17) is 0 Å². The molecule has 0 saturated carbocycles. The molecule has 1 heterocycles. The lowest BCUT2D eigenvalue weighted by atomic mass is 9.74. The molecule has 70 valence electrons. The van der Waals surface area contributed by atoms with Gasteiger partial charge >= 0.3 is 0 Å². The van der Waals surface area contributed by atoms with Gasteiger partial charge < -0.3 is 10.2 Å². The predicted octanol–water partition coefficient (Wildman–Crippen LogP) is 0.320. The van der Waals surface area contributed by atoms with Crippen molar-refractivity contribution in [3.63, 3.8) is 0 Å². The first-order chi connectivity index (χ1) is 5.48. The Balaban J connectivity index is 2.54. The highest BCUT2D eigenvalue weighted by molar-refractivity contribution is 5.82. The first-order valence-electron chi connectivity index (χ1n) is 4.39. The normalized spacial score (nSPS) is 20.3. The number of carbonyl (C=O) groups excluding carboxylic acids is 1. The highest BCUT2D eigenvalue weighted by atomic mass is 16.2. The second-order valence-corrected chi connectivity index (χ2v) is 4.22. The fourth-order valence-corrected chi connectivity index (χ4v) is 1.66. The van der Waals surface area contributed by atoms with Crippen LogP contribution in [-0.2, 0) is 4.79 Å². The fraction of sp³-hybridized carbons (Fsp3) is 0.889. The van der Waals surface area contributed by atoms with Gasteiger partial charge in [0.05, 0.1) is 0 Å². The minimum Gasteiger partial charge on any atom is -0.359 e. The van der Waals surface area contributed by atoms with Crippen LogP contribution in [0.4, 0.5) is 0 Å². The molecule has 1 rings (SSSR count). The third kappa shape index (κ3) is 1.46. The highest BCUT2D eigenvalue weighted by Crippen LogP contribution is 2.33. The van der Waals surface area contributed by atoms with E-state index in [0.29, 0.717) is 5.92 Å². The van der Waals surface area contributed by atoms with Crippen LogP contribution in [0.25, 0.3) is 0 Å². The summed E-state index contributed by atoms with van der Waals surface area (Å²) in [6, 6.07) is 0. The van der Waals surface area contributed by atoms with Crippen LogP contribution >= 0.6 is 0 Å². The fourth-order valence-electron chi connectivity index (χ4n) is 1.66. The lowest BCUT2D eigenvalue weighted by Crippen LogP contribution is -2.55. The Labute approximate surface area is 74.1 Å². The van der Waals surface area contributed by atoms with Gasteiger partial charge in [0, 0.05) is 25.6 Å². The molecular formula is C9H18N2O.